The largest absolute Gasteiger partial charge is 1.00 e. The van der Waals surface area contributed by atoms with Crippen molar-refractivity contribution in [3.05, 3.63) is 0 Å². The Morgan fingerprint density at radius 2 is 1.43 bits per heavy atom. The maximum absolute atomic E-state index is 12.1. The Kier molecular flexibility index (Phi) is 4.88. The van der Waals surface area contributed by atoms with E-state index in [1.807, 2.05) is 20.8 Å². The van der Waals surface area contributed by atoms with Crippen LogP contribution in [0.1, 0.15) is 33.6 Å². The lowest BCUT2D eigenvalue weighted by molar-refractivity contribution is -0.800. The van der Waals surface area contributed by atoms with Gasteiger partial charge in [-0.25, -0.2) is 3.89 Å². The van der Waals surface area contributed by atoms with Crippen molar-refractivity contribution < 1.29 is 24.7 Å². The van der Waals surface area contributed by atoms with E-state index < -0.39 is 10.0 Å². The van der Waals surface area contributed by atoms with Crippen LogP contribution in [0.5, 0.6) is 0 Å². The zero-order valence-corrected chi connectivity index (χ0v) is 10.7. The van der Waals surface area contributed by atoms with Gasteiger partial charge < -0.3 is 12.4 Å². The molecule has 14 heavy (non-hydrogen) atoms. The van der Waals surface area contributed by atoms with Gasteiger partial charge >= 0.3 is 0 Å². The van der Waals surface area contributed by atoms with Crippen molar-refractivity contribution in [2.75, 3.05) is 19.6 Å². The molecule has 0 aliphatic heterocycles. The lowest BCUT2D eigenvalue weighted by atomic mass is 10.5. The molecule has 0 N–H and O–H groups in total. The van der Waals surface area contributed by atoms with Gasteiger partial charge in [0.1, 0.15) is 5.25 Å². The zero-order valence-electron chi connectivity index (χ0n) is 9.16. The Labute approximate surface area is 93.5 Å². The molecule has 86 valence electrons. The Balaban J connectivity index is 0.00000169. The number of nitrogens with zero attached hydrogens (tertiary/aromatic N) is 1. The lowest BCUT2D eigenvalue weighted by Crippen LogP contribution is -3.00. The first-order valence-corrected chi connectivity index (χ1v) is 6.64. The van der Waals surface area contributed by atoms with Crippen LogP contribution in [0.4, 0.5) is 0 Å². The van der Waals surface area contributed by atoms with Crippen LogP contribution in [0.2, 0.25) is 0 Å². The Bertz CT molecular complexity index is 260. The minimum absolute atomic E-state index is 0. The smallest absolute Gasteiger partial charge is 0.299 e. The third kappa shape index (κ3) is 2.07. The predicted molar refractivity (Wildman–Crippen MR) is 53.8 cm³/mol. The Morgan fingerprint density at radius 1 is 1.07 bits per heavy atom. The molecule has 0 bridgehead atoms. The fraction of sp³-hybridized carbons (Fsp3) is 1.00. The summed E-state index contributed by atoms with van der Waals surface area (Å²) in [6, 6.07) is 0. The number of halogens is 1. The third-order valence-corrected chi connectivity index (χ3v) is 6.38. The van der Waals surface area contributed by atoms with Crippen molar-refractivity contribution in [2.45, 2.75) is 38.9 Å². The summed E-state index contributed by atoms with van der Waals surface area (Å²) in [6.07, 6.45) is 1.75. The fourth-order valence-corrected chi connectivity index (χ4v) is 4.34. The van der Waals surface area contributed by atoms with Gasteiger partial charge in [-0.1, -0.05) is 0 Å². The van der Waals surface area contributed by atoms with Crippen LogP contribution in [0.25, 0.3) is 0 Å². The van der Waals surface area contributed by atoms with Crippen LogP contribution in [0.15, 0.2) is 0 Å². The van der Waals surface area contributed by atoms with Crippen molar-refractivity contribution in [3.63, 3.8) is 0 Å². The van der Waals surface area contributed by atoms with Crippen LogP contribution in [0.3, 0.4) is 0 Å². The van der Waals surface area contributed by atoms with Gasteiger partial charge in [0, 0.05) is 0 Å². The normalized spacial score (nSPS) is 17.6. The summed E-state index contributed by atoms with van der Waals surface area (Å²) in [5, 5.41) is -0.0349. The highest BCUT2D eigenvalue weighted by molar-refractivity contribution is 7.86. The van der Waals surface area contributed by atoms with Crippen molar-refractivity contribution >= 4 is 10.0 Å². The van der Waals surface area contributed by atoms with E-state index in [9.17, 15) is 8.42 Å². The third-order valence-electron chi connectivity index (χ3n) is 3.21. The molecular weight excluding hydrogens is 222 g/mol. The van der Waals surface area contributed by atoms with Crippen molar-refractivity contribution in [1.82, 2.24) is 0 Å². The van der Waals surface area contributed by atoms with E-state index in [0.717, 1.165) is 12.8 Å². The molecule has 3 nitrogen and oxygen atoms in total. The van der Waals surface area contributed by atoms with Gasteiger partial charge in [0.25, 0.3) is 10.0 Å². The molecule has 0 aromatic rings. The van der Waals surface area contributed by atoms with Gasteiger partial charge in [0.15, 0.2) is 0 Å². The highest BCUT2D eigenvalue weighted by atomic mass is 35.5. The number of rotatable bonds is 5. The fourth-order valence-electron chi connectivity index (χ4n) is 1.89. The van der Waals surface area contributed by atoms with Gasteiger partial charge in [-0.15, -0.1) is 0 Å². The molecule has 0 spiro atoms. The second-order valence-corrected chi connectivity index (χ2v) is 6.19. The predicted octanol–water partition coefficient (Wildman–Crippen LogP) is -1.64. The Hall–Kier alpha value is 0.200. The molecule has 5 heteroatoms. The first kappa shape index (κ1) is 14.2. The standard InChI is InChI=1S/C9H20NO2S.ClH/c1-4-10(5-2,6-3)13(11,12)9-7-8-9;/h9H,4-8H2,1-3H3;1H/q+1;/p-1. The summed E-state index contributed by atoms with van der Waals surface area (Å²) in [5.74, 6) is 0. The second kappa shape index (κ2) is 4.81. The molecule has 1 rings (SSSR count). The highest BCUT2D eigenvalue weighted by Gasteiger charge is 2.48. The molecular formula is C9H20ClNO2S. The topological polar surface area (TPSA) is 34.1 Å². The van der Waals surface area contributed by atoms with Gasteiger partial charge in [0.2, 0.25) is 0 Å². The van der Waals surface area contributed by atoms with E-state index >= 15 is 0 Å². The zero-order chi connectivity index (χ0) is 10.1. The van der Waals surface area contributed by atoms with Crippen LogP contribution < -0.4 is 12.4 Å². The molecule has 0 atom stereocenters. The van der Waals surface area contributed by atoms with E-state index in [4.69, 9.17) is 0 Å². The van der Waals surface area contributed by atoms with Crippen molar-refractivity contribution in [2.24, 2.45) is 0 Å². The highest BCUT2D eigenvalue weighted by Crippen LogP contribution is 2.34. The molecule has 1 saturated carbocycles. The first-order chi connectivity index (χ1) is 6.04. The minimum Gasteiger partial charge on any atom is -1.00 e. The number of sulfonamides is 1. The summed E-state index contributed by atoms with van der Waals surface area (Å²) in [6.45, 7) is 8.00. The minimum atomic E-state index is -2.90. The van der Waals surface area contributed by atoms with Crippen LogP contribution >= 0.6 is 0 Å². The number of hydrogen-bond acceptors (Lipinski definition) is 2. The number of hydrogen-bond donors (Lipinski definition) is 0. The second-order valence-electron chi connectivity index (χ2n) is 3.72. The van der Waals surface area contributed by atoms with E-state index in [-0.39, 0.29) is 21.5 Å². The molecule has 0 radical (unpaired) electrons. The summed E-state index contributed by atoms with van der Waals surface area (Å²) < 4.78 is 24.4. The van der Waals surface area contributed by atoms with Crippen LogP contribution in [0, 0.1) is 0 Å². The van der Waals surface area contributed by atoms with E-state index in [2.05, 4.69) is 0 Å². The molecule has 0 amide bonds. The van der Waals surface area contributed by atoms with E-state index in [1.54, 1.807) is 0 Å². The molecule has 1 fully saturated rings. The van der Waals surface area contributed by atoms with Gasteiger partial charge in [0.05, 0.1) is 19.6 Å². The first-order valence-electron chi connectivity index (χ1n) is 5.14. The van der Waals surface area contributed by atoms with Crippen molar-refractivity contribution in [1.29, 1.82) is 0 Å². The average molecular weight is 242 g/mol. The maximum atomic E-state index is 12.1. The van der Waals surface area contributed by atoms with Gasteiger partial charge in [-0.05, 0) is 33.6 Å². The molecule has 1 aliphatic carbocycles. The maximum Gasteiger partial charge on any atom is 0.299 e. The summed E-state index contributed by atoms with van der Waals surface area (Å²) >= 11 is 0. The monoisotopic (exact) mass is 241 g/mol. The molecule has 0 saturated heterocycles. The quantitative estimate of drug-likeness (QED) is 0.541. The summed E-state index contributed by atoms with van der Waals surface area (Å²) in [7, 11) is -2.90. The van der Waals surface area contributed by atoms with Gasteiger partial charge in [-0.2, -0.15) is 8.42 Å². The molecule has 0 unspecified atom stereocenters. The van der Waals surface area contributed by atoms with Crippen LogP contribution in [-0.2, 0) is 10.0 Å². The van der Waals surface area contributed by atoms with E-state index in [0.29, 0.717) is 19.6 Å². The summed E-state index contributed by atoms with van der Waals surface area (Å²) in [5.41, 5.74) is 0. The molecule has 0 heterocycles. The Morgan fingerprint density at radius 3 is 1.64 bits per heavy atom. The lowest BCUT2D eigenvalue weighted by Gasteiger charge is -2.33. The average Bonchev–Trinajstić information content (AvgIpc) is 2.90. The van der Waals surface area contributed by atoms with Crippen LogP contribution in [-0.4, -0.2) is 37.2 Å². The molecule has 0 aromatic heterocycles. The number of quaternary nitrogens is 1. The van der Waals surface area contributed by atoms with E-state index in [1.165, 1.54) is 0 Å². The summed E-state index contributed by atoms with van der Waals surface area (Å²) in [4.78, 5) is 0. The van der Waals surface area contributed by atoms with Crippen molar-refractivity contribution in [3.8, 4) is 0 Å². The molecule has 0 aromatic carbocycles. The van der Waals surface area contributed by atoms with Gasteiger partial charge in [-0.3, -0.25) is 0 Å². The SMILES string of the molecule is CC[N+](CC)(CC)S(=O)(=O)C1CC1.[Cl-]. The molecule has 1 aliphatic rings.